The van der Waals surface area contributed by atoms with Crippen molar-refractivity contribution in [2.75, 3.05) is 5.73 Å². The van der Waals surface area contributed by atoms with Crippen LogP contribution in [0.25, 0.3) is 22.3 Å². The maximum atomic E-state index is 5.97. The number of hydrogen-bond acceptors (Lipinski definition) is 2. The second kappa shape index (κ2) is 3.91. The van der Waals surface area contributed by atoms with Crippen molar-refractivity contribution >= 4 is 16.7 Å². The molecule has 0 aliphatic carbocycles. The van der Waals surface area contributed by atoms with Crippen LogP contribution in [0.5, 0.6) is 0 Å². The van der Waals surface area contributed by atoms with E-state index in [1.165, 1.54) is 0 Å². The van der Waals surface area contributed by atoms with Crippen molar-refractivity contribution in [2.45, 2.75) is 13.8 Å². The lowest BCUT2D eigenvalue weighted by atomic mass is 10.0. The van der Waals surface area contributed by atoms with Crippen LogP contribution in [0.15, 0.2) is 46.9 Å². The smallest absolute Gasteiger partial charge is 0.137 e. The van der Waals surface area contributed by atoms with Crippen LogP contribution in [-0.4, -0.2) is 0 Å². The van der Waals surface area contributed by atoms with Crippen LogP contribution in [0.1, 0.15) is 11.1 Å². The standard InChI is InChI=1S/C16H15NO/c1-10-5-3-6-12-9-15(18-16(10)12)13-7-4-8-14(17)11(13)2/h3-9H,17H2,1-2H3. The van der Waals surface area contributed by atoms with Gasteiger partial charge >= 0.3 is 0 Å². The summed E-state index contributed by atoms with van der Waals surface area (Å²) in [5.74, 6) is 0.879. The summed E-state index contributed by atoms with van der Waals surface area (Å²) in [6.45, 7) is 4.08. The summed E-state index contributed by atoms with van der Waals surface area (Å²) in [4.78, 5) is 0. The number of aryl methyl sites for hydroxylation is 1. The first-order valence-corrected chi connectivity index (χ1v) is 6.01. The summed E-state index contributed by atoms with van der Waals surface area (Å²) in [6.07, 6.45) is 0. The summed E-state index contributed by atoms with van der Waals surface area (Å²) in [7, 11) is 0. The summed E-state index contributed by atoms with van der Waals surface area (Å²) in [6, 6.07) is 14.1. The van der Waals surface area contributed by atoms with Gasteiger partial charge in [-0.25, -0.2) is 0 Å². The molecule has 0 saturated carbocycles. The third-order valence-electron chi connectivity index (χ3n) is 3.38. The van der Waals surface area contributed by atoms with E-state index in [0.29, 0.717) is 0 Å². The number of fused-ring (bicyclic) bond motifs is 1. The molecule has 0 fully saturated rings. The van der Waals surface area contributed by atoms with Crippen LogP contribution in [0.2, 0.25) is 0 Å². The van der Waals surface area contributed by atoms with Gasteiger partial charge in [0.05, 0.1) is 0 Å². The van der Waals surface area contributed by atoms with Gasteiger partial charge in [-0.2, -0.15) is 0 Å². The molecule has 1 heterocycles. The van der Waals surface area contributed by atoms with Crippen molar-refractivity contribution in [3.63, 3.8) is 0 Å². The highest BCUT2D eigenvalue weighted by Gasteiger charge is 2.10. The van der Waals surface area contributed by atoms with Crippen LogP contribution in [0.3, 0.4) is 0 Å². The number of hydrogen-bond donors (Lipinski definition) is 1. The molecule has 0 amide bonds. The Balaban J connectivity index is 2.26. The van der Waals surface area contributed by atoms with E-state index in [0.717, 1.165) is 39.1 Å². The maximum absolute atomic E-state index is 5.97. The normalized spacial score (nSPS) is 11.0. The fourth-order valence-corrected chi connectivity index (χ4v) is 2.26. The highest BCUT2D eigenvalue weighted by Crippen LogP contribution is 2.32. The summed E-state index contributed by atoms with van der Waals surface area (Å²) in [5.41, 5.74) is 11.0. The molecule has 90 valence electrons. The number of furan rings is 1. The molecule has 0 unspecified atom stereocenters. The number of nitrogen functional groups attached to an aromatic ring is 1. The fourth-order valence-electron chi connectivity index (χ4n) is 2.26. The lowest BCUT2D eigenvalue weighted by Crippen LogP contribution is -1.90. The molecule has 0 spiro atoms. The number of anilines is 1. The molecule has 1 aromatic heterocycles. The van der Waals surface area contributed by atoms with E-state index >= 15 is 0 Å². The Morgan fingerprint density at radius 1 is 1.00 bits per heavy atom. The molecule has 18 heavy (non-hydrogen) atoms. The molecule has 0 saturated heterocycles. The minimum Gasteiger partial charge on any atom is -0.456 e. The first-order valence-electron chi connectivity index (χ1n) is 6.01. The highest BCUT2D eigenvalue weighted by molar-refractivity contribution is 5.86. The third kappa shape index (κ3) is 1.58. The quantitative estimate of drug-likeness (QED) is 0.641. The maximum Gasteiger partial charge on any atom is 0.137 e. The average Bonchev–Trinajstić information content (AvgIpc) is 2.78. The molecule has 0 radical (unpaired) electrons. The SMILES string of the molecule is Cc1c(N)cccc1-c1cc2cccc(C)c2o1. The molecule has 2 heteroatoms. The first-order chi connectivity index (χ1) is 8.66. The van der Waals surface area contributed by atoms with Gasteiger partial charge in [-0.05, 0) is 37.1 Å². The second-order valence-electron chi connectivity index (χ2n) is 4.62. The third-order valence-corrected chi connectivity index (χ3v) is 3.38. The van der Waals surface area contributed by atoms with Crippen LogP contribution in [0, 0.1) is 13.8 Å². The molecular weight excluding hydrogens is 222 g/mol. The molecule has 2 N–H and O–H groups in total. The lowest BCUT2D eigenvalue weighted by Gasteiger charge is -2.04. The molecule has 0 aliphatic heterocycles. The largest absolute Gasteiger partial charge is 0.456 e. The van der Waals surface area contributed by atoms with E-state index < -0.39 is 0 Å². The molecule has 2 nitrogen and oxygen atoms in total. The predicted octanol–water partition coefficient (Wildman–Crippen LogP) is 4.30. The van der Waals surface area contributed by atoms with Gasteiger partial charge in [-0.15, -0.1) is 0 Å². The molecule has 0 atom stereocenters. The molecule has 0 bridgehead atoms. The molecule has 3 aromatic rings. The summed E-state index contributed by atoms with van der Waals surface area (Å²) < 4.78 is 5.97. The van der Waals surface area contributed by atoms with Crippen LogP contribution in [0.4, 0.5) is 5.69 Å². The number of rotatable bonds is 1. The predicted molar refractivity (Wildman–Crippen MR) is 75.5 cm³/mol. The van der Waals surface area contributed by atoms with Crippen LogP contribution < -0.4 is 5.73 Å². The van der Waals surface area contributed by atoms with Crippen molar-refractivity contribution in [2.24, 2.45) is 0 Å². The molecule has 0 aliphatic rings. The van der Waals surface area contributed by atoms with Gasteiger partial charge in [0, 0.05) is 16.6 Å². The summed E-state index contributed by atoms with van der Waals surface area (Å²) >= 11 is 0. The number of para-hydroxylation sites is 1. The van der Waals surface area contributed by atoms with E-state index in [1.54, 1.807) is 0 Å². The van der Waals surface area contributed by atoms with Gasteiger partial charge in [0.2, 0.25) is 0 Å². The minimum absolute atomic E-state index is 0.796. The van der Waals surface area contributed by atoms with Gasteiger partial charge in [-0.1, -0.05) is 30.3 Å². The Hall–Kier alpha value is -2.22. The topological polar surface area (TPSA) is 39.2 Å². The van der Waals surface area contributed by atoms with E-state index in [4.69, 9.17) is 10.2 Å². The van der Waals surface area contributed by atoms with Gasteiger partial charge in [-0.3, -0.25) is 0 Å². The van der Waals surface area contributed by atoms with Crippen molar-refractivity contribution < 1.29 is 4.42 Å². The van der Waals surface area contributed by atoms with E-state index in [9.17, 15) is 0 Å². The summed E-state index contributed by atoms with van der Waals surface area (Å²) in [5, 5.41) is 1.13. The van der Waals surface area contributed by atoms with Gasteiger partial charge in [0.1, 0.15) is 11.3 Å². The van der Waals surface area contributed by atoms with Crippen molar-refractivity contribution in [1.82, 2.24) is 0 Å². The molecule has 2 aromatic carbocycles. The molecular formula is C16H15NO. The van der Waals surface area contributed by atoms with E-state index in [-0.39, 0.29) is 0 Å². The van der Waals surface area contributed by atoms with Crippen LogP contribution >= 0.6 is 0 Å². The zero-order valence-electron chi connectivity index (χ0n) is 10.5. The highest BCUT2D eigenvalue weighted by atomic mass is 16.3. The lowest BCUT2D eigenvalue weighted by molar-refractivity contribution is 0.628. The van der Waals surface area contributed by atoms with E-state index in [2.05, 4.69) is 25.1 Å². The van der Waals surface area contributed by atoms with Crippen molar-refractivity contribution in [1.29, 1.82) is 0 Å². The van der Waals surface area contributed by atoms with Crippen LogP contribution in [-0.2, 0) is 0 Å². The van der Waals surface area contributed by atoms with Gasteiger partial charge < -0.3 is 10.2 Å². The van der Waals surface area contributed by atoms with Gasteiger partial charge in [0.25, 0.3) is 0 Å². The van der Waals surface area contributed by atoms with Crippen molar-refractivity contribution in [3.05, 3.63) is 53.6 Å². The average molecular weight is 237 g/mol. The van der Waals surface area contributed by atoms with Crippen molar-refractivity contribution in [3.8, 4) is 11.3 Å². The fraction of sp³-hybridized carbons (Fsp3) is 0.125. The number of benzene rings is 2. The van der Waals surface area contributed by atoms with Gasteiger partial charge in [0.15, 0.2) is 0 Å². The minimum atomic E-state index is 0.796. The Labute approximate surface area is 106 Å². The Morgan fingerprint density at radius 3 is 2.56 bits per heavy atom. The zero-order valence-corrected chi connectivity index (χ0v) is 10.5. The Kier molecular flexibility index (Phi) is 2.37. The Morgan fingerprint density at radius 2 is 1.78 bits per heavy atom. The number of nitrogens with two attached hydrogens (primary N) is 1. The first kappa shape index (κ1) is 10.9. The second-order valence-corrected chi connectivity index (χ2v) is 4.62. The zero-order chi connectivity index (χ0) is 12.7. The monoisotopic (exact) mass is 237 g/mol. The Bertz CT molecular complexity index is 725. The molecule has 3 rings (SSSR count). The van der Waals surface area contributed by atoms with E-state index in [1.807, 2.05) is 31.2 Å².